The van der Waals surface area contributed by atoms with Gasteiger partial charge in [0.05, 0.1) is 11.5 Å². The summed E-state index contributed by atoms with van der Waals surface area (Å²) in [5.74, 6) is 1.23. The number of hydrogen-bond acceptors (Lipinski definition) is 4. The number of nitrogens with one attached hydrogen (secondary N) is 1. The number of likely N-dealkylation sites (tertiary alicyclic amines) is 1. The van der Waals surface area contributed by atoms with Gasteiger partial charge in [0.15, 0.2) is 0 Å². The molecule has 1 aromatic rings. The molecule has 140 valence electrons. The van der Waals surface area contributed by atoms with Crippen LogP contribution in [-0.4, -0.2) is 47.4 Å². The summed E-state index contributed by atoms with van der Waals surface area (Å²) >= 11 is 1.35. The minimum atomic E-state index is -0.0840. The molecular formula is C18H28ClN3O2S. The van der Waals surface area contributed by atoms with Crippen molar-refractivity contribution in [3.05, 3.63) is 29.8 Å². The molecule has 2 atom stereocenters. The molecule has 2 rings (SSSR count). The third-order valence-corrected chi connectivity index (χ3v) is 5.28. The van der Waals surface area contributed by atoms with E-state index in [-0.39, 0.29) is 36.0 Å². The van der Waals surface area contributed by atoms with Crippen LogP contribution in [0.2, 0.25) is 0 Å². The van der Waals surface area contributed by atoms with Crippen LogP contribution in [0.3, 0.4) is 0 Å². The number of nitrogens with two attached hydrogens (primary N) is 1. The molecule has 0 bridgehead atoms. The van der Waals surface area contributed by atoms with E-state index in [1.165, 1.54) is 11.8 Å². The zero-order valence-electron chi connectivity index (χ0n) is 14.9. The summed E-state index contributed by atoms with van der Waals surface area (Å²) in [6.07, 6.45) is 2.00. The van der Waals surface area contributed by atoms with Gasteiger partial charge in [-0.15, -0.1) is 24.2 Å². The van der Waals surface area contributed by atoms with Crippen LogP contribution in [0.15, 0.2) is 24.3 Å². The number of nitrogens with zero attached hydrogens (tertiary/aromatic N) is 1. The topological polar surface area (TPSA) is 75.4 Å². The second kappa shape index (κ2) is 10.7. The van der Waals surface area contributed by atoms with Crippen molar-refractivity contribution in [1.82, 2.24) is 4.90 Å². The van der Waals surface area contributed by atoms with Gasteiger partial charge >= 0.3 is 0 Å². The summed E-state index contributed by atoms with van der Waals surface area (Å²) in [6.45, 7) is 5.49. The summed E-state index contributed by atoms with van der Waals surface area (Å²) in [5.41, 5.74) is 7.74. The first-order valence-electron chi connectivity index (χ1n) is 8.43. The summed E-state index contributed by atoms with van der Waals surface area (Å²) in [5, 5.41) is 2.84. The van der Waals surface area contributed by atoms with Crippen LogP contribution >= 0.6 is 24.2 Å². The molecule has 0 radical (unpaired) electrons. The fraction of sp³-hybridized carbons (Fsp3) is 0.556. The van der Waals surface area contributed by atoms with E-state index in [4.69, 9.17) is 5.73 Å². The molecule has 1 heterocycles. The van der Waals surface area contributed by atoms with Crippen LogP contribution in [0, 0.1) is 12.8 Å². The fourth-order valence-corrected chi connectivity index (χ4v) is 3.65. The highest BCUT2D eigenvalue weighted by molar-refractivity contribution is 8.00. The van der Waals surface area contributed by atoms with E-state index >= 15 is 0 Å². The van der Waals surface area contributed by atoms with Crippen molar-refractivity contribution >= 4 is 41.7 Å². The number of carbonyl (C=O) groups excluding carboxylic acids is 2. The average molecular weight is 386 g/mol. The van der Waals surface area contributed by atoms with Gasteiger partial charge in [-0.05, 0) is 37.8 Å². The summed E-state index contributed by atoms with van der Waals surface area (Å²) in [6, 6.07) is 7.81. The zero-order valence-corrected chi connectivity index (χ0v) is 16.5. The van der Waals surface area contributed by atoms with E-state index in [0.29, 0.717) is 18.2 Å². The Bertz CT molecular complexity index is 568. The normalized spacial score (nSPS) is 19.9. The Morgan fingerprint density at radius 1 is 1.28 bits per heavy atom. The smallest absolute Gasteiger partial charge is 0.234 e. The summed E-state index contributed by atoms with van der Waals surface area (Å²) in [4.78, 5) is 26.2. The highest BCUT2D eigenvalue weighted by Gasteiger charge is 2.28. The fourth-order valence-electron chi connectivity index (χ4n) is 2.95. The minimum Gasteiger partial charge on any atom is -0.338 e. The standard InChI is InChI=1S/C18H27N3O2S.ClH/c1-13-3-5-15(6-4-13)20-17(22)11-24-12-18(23)21-8-7-14(2)9-16(21)10-19;/h3-6,14,16H,7-12,19H2,1-2H3,(H,20,22);1H. The molecule has 2 amide bonds. The molecule has 3 N–H and O–H groups in total. The number of amides is 2. The molecule has 2 unspecified atom stereocenters. The van der Waals surface area contributed by atoms with Gasteiger partial charge in [0.25, 0.3) is 0 Å². The number of benzene rings is 1. The summed E-state index contributed by atoms with van der Waals surface area (Å²) < 4.78 is 0. The van der Waals surface area contributed by atoms with E-state index in [0.717, 1.165) is 30.6 Å². The molecule has 0 saturated carbocycles. The number of piperidine rings is 1. The lowest BCUT2D eigenvalue weighted by atomic mass is 9.92. The number of anilines is 1. The molecule has 1 saturated heterocycles. The number of rotatable bonds is 6. The first-order valence-corrected chi connectivity index (χ1v) is 9.59. The van der Waals surface area contributed by atoms with Crippen LogP contribution in [0.5, 0.6) is 0 Å². The number of halogens is 1. The van der Waals surface area contributed by atoms with Crippen molar-refractivity contribution in [2.24, 2.45) is 11.7 Å². The Hall–Kier alpha value is -1.24. The molecule has 0 aliphatic carbocycles. The molecule has 5 nitrogen and oxygen atoms in total. The zero-order chi connectivity index (χ0) is 17.5. The lowest BCUT2D eigenvalue weighted by Crippen LogP contribution is -2.50. The van der Waals surface area contributed by atoms with E-state index in [2.05, 4.69) is 12.2 Å². The first kappa shape index (κ1) is 21.8. The van der Waals surface area contributed by atoms with E-state index in [9.17, 15) is 9.59 Å². The van der Waals surface area contributed by atoms with Crippen molar-refractivity contribution in [1.29, 1.82) is 0 Å². The molecule has 1 aromatic carbocycles. The number of carbonyl (C=O) groups is 2. The third kappa shape index (κ3) is 6.88. The van der Waals surface area contributed by atoms with Crippen LogP contribution in [-0.2, 0) is 9.59 Å². The van der Waals surface area contributed by atoms with E-state index in [1.807, 2.05) is 36.1 Å². The molecular weight excluding hydrogens is 358 g/mol. The monoisotopic (exact) mass is 385 g/mol. The van der Waals surface area contributed by atoms with Crippen LogP contribution < -0.4 is 11.1 Å². The quantitative estimate of drug-likeness (QED) is 0.789. The van der Waals surface area contributed by atoms with E-state index < -0.39 is 0 Å². The Balaban J connectivity index is 0.00000312. The number of hydrogen-bond donors (Lipinski definition) is 2. The average Bonchev–Trinajstić information content (AvgIpc) is 2.56. The predicted molar refractivity (Wildman–Crippen MR) is 107 cm³/mol. The van der Waals surface area contributed by atoms with Gasteiger partial charge < -0.3 is 16.0 Å². The van der Waals surface area contributed by atoms with Crippen molar-refractivity contribution in [3.63, 3.8) is 0 Å². The Morgan fingerprint density at radius 2 is 1.96 bits per heavy atom. The van der Waals surface area contributed by atoms with Gasteiger partial charge in [0, 0.05) is 24.8 Å². The van der Waals surface area contributed by atoms with Crippen LogP contribution in [0.4, 0.5) is 5.69 Å². The predicted octanol–water partition coefficient (Wildman–Crippen LogP) is 2.67. The number of aryl methyl sites for hydroxylation is 1. The van der Waals surface area contributed by atoms with E-state index in [1.54, 1.807) is 0 Å². The second-order valence-electron chi connectivity index (χ2n) is 6.51. The van der Waals surface area contributed by atoms with Crippen LogP contribution in [0.1, 0.15) is 25.3 Å². The second-order valence-corrected chi connectivity index (χ2v) is 7.50. The Morgan fingerprint density at radius 3 is 2.60 bits per heavy atom. The maximum absolute atomic E-state index is 12.4. The SMILES string of the molecule is Cc1ccc(NC(=O)CSCC(=O)N2CCC(C)CC2CN)cc1.Cl. The van der Waals surface area contributed by atoms with Crippen molar-refractivity contribution in [2.75, 3.05) is 29.9 Å². The molecule has 1 aliphatic heterocycles. The van der Waals surface area contributed by atoms with Gasteiger partial charge in [-0.3, -0.25) is 9.59 Å². The van der Waals surface area contributed by atoms with Crippen LogP contribution in [0.25, 0.3) is 0 Å². The Kier molecular flexibility index (Phi) is 9.32. The highest BCUT2D eigenvalue weighted by Crippen LogP contribution is 2.22. The molecule has 0 spiro atoms. The van der Waals surface area contributed by atoms with Gasteiger partial charge in [0.1, 0.15) is 0 Å². The Labute approximate surface area is 160 Å². The summed E-state index contributed by atoms with van der Waals surface area (Å²) in [7, 11) is 0. The molecule has 7 heteroatoms. The molecule has 1 aliphatic rings. The lowest BCUT2D eigenvalue weighted by Gasteiger charge is -2.38. The van der Waals surface area contributed by atoms with Gasteiger partial charge in [-0.1, -0.05) is 24.6 Å². The first-order chi connectivity index (χ1) is 11.5. The van der Waals surface area contributed by atoms with Crippen molar-refractivity contribution in [3.8, 4) is 0 Å². The van der Waals surface area contributed by atoms with Gasteiger partial charge in [-0.25, -0.2) is 0 Å². The minimum absolute atomic E-state index is 0. The molecule has 25 heavy (non-hydrogen) atoms. The van der Waals surface area contributed by atoms with Crippen molar-refractivity contribution in [2.45, 2.75) is 32.7 Å². The maximum Gasteiger partial charge on any atom is 0.234 e. The highest BCUT2D eigenvalue weighted by atomic mass is 35.5. The van der Waals surface area contributed by atoms with Gasteiger partial charge in [-0.2, -0.15) is 0 Å². The lowest BCUT2D eigenvalue weighted by molar-refractivity contribution is -0.132. The third-order valence-electron chi connectivity index (χ3n) is 4.36. The van der Waals surface area contributed by atoms with Gasteiger partial charge in [0.2, 0.25) is 11.8 Å². The van der Waals surface area contributed by atoms with Crippen molar-refractivity contribution < 1.29 is 9.59 Å². The number of thioether (sulfide) groups is 1. The largest absolute Gasteiger partial charge is 0.338 e. The molecule has 1 fully saturated rings. The maximum atomic E-state index is 12.4. The molecule has 0 aromatic heterocycles.